The summed E-state index contributed by atoms with van der Waals surface area (Å²) in [5.74, 6) is 4.14. The van der Waals surface area contributed by atoms with Gasteiger partial charge >= 0.3 is 0 Å². The number of aliphatic hydroxyl groups is 2. The van der Waals surface area contributed by atoms with Crippen LogP contribution >= 0.6 is 11.6 Å². The first-order valence-electron chi connectivity index (χ1n) is 6.96. The molecule has 0 spiro atoms. The molecule has 0 saturated carbocycles. The second-order valence-electron chi connectivity index (χ2n) is 5.33. The molecular formula is C14H14ClFN4O4. The second-order valence-corrected chi connectivity index (χ2v) is 5.96. The summed E-state index contributed by atoms with van der Waals surface area (Å²) in [6.45, 7) is 0.991. The fourth-order valence-electron chi connectivity index (χ4n) is 2.80. The van der Waals surface area contributed by atoms with E-state index in [-0.39, 0.29) is 17.0 Å². The summed E-state index contributed by atoms with van der Waals surface area (Å²) in [5, 5.41) is 19.3. The molecule has 2 aromatic heterocycles. The highest BCUT2D eigenvalue weighted by Gasteiger charge is 2.56. The number of fused-ring (bicyclic) bond motifs is 1. The molecular weight excluding hydrogens is 343 g/mol. The van der Waals surface area contributed by atoms with Crippen LogP contribution in [0.25, 0.3) is 11.0 Å². The number of nitrogens with zero attached hydrogens (tertiary/aromatic N) is 2. The second kappa shape index (κ2) is 5.75. The van der Waals surface area contributed by atoms with E-state index in [2.05, 4.69) is 21.8 Å². The lowest BCUT2D eigenvalue weighted by atomic mass is 9.99. The molecule has 10 heteroatoms. The number of aliphatic hydroxyl groups excluding tert-OH is 2. The van der Waals surface area contributed by atoms with Crippen molar-refractivity contribution in [3.05, 3.63) is 22.4 Å². The molecule has 1 unspecified atom stereocenters. The van der Waals surface area contributed by atoms with E-state index in [4.69, 9.17) is 22.1 Å². The van der Waals surface area contributed by atoms with Crippen LogP contribution in [-0.2, 0) is 4.74 Å². The number of H-pyrrole nitrogens is 1. The van der Waals surface area contributed by atoms with Gasteiger partial charge in [-0.1, -0.05) is 17.5 Å². The van der Waals surface area contributed by atoms with Crippen LogP contribution in [0.2, 0.25) is 0 Å². The number of aromatic amines is 1. The van der Waals surface area contributed by atoms with Crippen LogP contribution in [0.1, 0.15) is 13.2 Å². The zero-order valence-corrected chi connectivity index (χ0v) is 13.2. The zero-order valence-electron chi connectivity index (χ0n) is 12.5. The van der Waals surface area contributed by atoms with Crippen LogP contribution in [0.3, 0.4) is 0 Å². The Kier molecular flexibility index (Phi) is 4.01. The van der Waals surface area contributed by atoms with Crippen molar-refractivity contribution in [2.45, 2.75) is 30.2 Å². The van der Waals surface area contributed by atoms with Gasteiger partial charge in [-0.3, -0.25) is 14.3 Å². The van der Waals surface area contributed by atoms with E-state index in [1.807, 2.05) is 0 Å². The van der Waals surface area contributed by atoms with E-state index in [1.165, 1.54) is 6.92 Å². The first-order chi connectivity index (χ1) is 11.3. The highest BCUT2D eigenvalue weighted by Crippen LogP contribution is 2.44. The fourth-order valence-corrected chi connectivity index (χ4v) is 3.19. The van der Waals surface area contributed by atoms with Crippen molar-refractivity contribution < 1.29 is 19.3 Å². The quantitative estimate of drug-likeness (QED) is 0.432. The summed E-state index contributed by atoms with van der Waals surface area (Å²) in [4.78, 5) is 16.4. The summed E-state index contributed by atoms with van der Waals surface area (Å²) in [5.41, 5.74) is 4.65. The van der Waals surface area contributed by atoms with Gasteiger partial charge in [-0.25, -0.2) is 4.39 Å². The van der Waals surface area contributed by atoms with Gasteiger partial charge in [0.05, 0.1) is 6.61 Å². The lowest BCUT2D eigenvalue weighted by molar-refractivity contribution is -0.0436. The maximum atomic E-state index is 14.2. The number of alkyl halides is 1. The van der Waals surface area contributed by atoms with Gasteiger partial charge in [0.2, 0.25) is 5.95 Å². The van der Waals surface area contributed by atoms with Crippen LogP contribution in [0.15, 0.2) is 11.0 Å². The van der Waals surface area contributed by atoms with Crippen LogP contribution in [0.4, 0.5) is 10.3 Å². The minimum atomic E-state index is -1.67. The summed E-state index contributed by atoms with van der Waals surface area (Å²) >= 11 is 6.44. The van der Waals surface area contributed by atoms with Crippen LogP contribution in [0.5, 0.6) is 0 Å². The summed E-state index contributed by atoms with van der Waals surface area (Å²) in [6.07, 6.45) is -2.60. The predicted octanol–water partition coefficient (Wildman–Crippen LogP) is -0.303. The molecule has 3 heterocycles. The standard InChI is InChI=1S/C14H14ClFN4O4/c1-2-3-14(15)9(22)7(5-21)24-12(14)20-4-6(16)8-10(20)18-13(17)19-11(8)23/h4,7,9,12,21-22H,5H2,1H3,(H3,17,18,19,23)/t7-,9+,12-,14?/m1/s1. The lowest BCUT2D eigenvalue weighted by Crippen LogP contribution is -2.41. The molecule has 8 nitrogen and oxygen atoms in total. The van der Waals surface area contributed by atoms with E-state index in [0.29, 0.717) is 0 Å². The molecule has 3 rings (SSSR count). The SMILES string of the molecule is CC#CC1(Cl)[C@@H](O)[C@@H](CO)O[C@H]1n1cc(F)c2c(=O)[nH]c(N)nc21. The molecule has 0 aromatic carbocycles. The number of hydrogen-bond acceptors (Lipinski definition) is 6. The number of ether oxygens (including phenoxy) is 1. The first-order valence-corrected chi connectivity index (χ1v) is 7.34. The Balaban J connectivity index is 2.26. The number of rotatable bonds is 2. The number of aromatic nitrogens is 3. The largest absolute Gasteiger partial charge is 0.394 e. The topological polar surface area (TPSA) is 126 Å². The van der Waals surface area contributed by atoms with Gasteiger partial charge in [0, 0.05) is 6.20 Å². The molecule has 1 fully saturated rings. The average molecular weight is 357 g/mol. The van der Waals surface area contributed by atoms with Gasteiger partial charge in [-0.2, -0.15) is 4.98 Å². The molecule has 2 aromatic rings. The van der Waals surface area contributed by atoms with Crippen molar-refractivity contribution in [3.8, 4) is 11.8 Å². The molecule has 24 heavy (non-hydrogen) atoms. The van der Waals surface area contributed by atoms with Crippen molar-refractivity contribution >= 4 is 28.6 Å². The van der Waals surface area contributed by atoms with Gasteiger partial charge in [-0.15, -0.1) is 5.92 Å². The van der Waals surface area contributed by atoms with E-state index in [9.17, 15) is 19.4 Å². The number of anilines is 1. The smallest absolute Gasteiger partial charge is 0.264 e. The Morgan fingerprint density at radius 3 is 3.00 bits per heavy atom. The normalized spacial score (nSPS) is 29.6. The Hall–Kier alpha value is -2.12. The molecule has 0 aliphatic carbocycles. The van der Waals surface area contributed by atoms with E-state index in [0.717, 1.165) is 10.8 Å². The van der Waals surface area contributed by atoms with Gasteiger partial charge in [0.1, 0.15) is 17.6 Å². The monoisotopic (exact) mass is 356 g/mol. The molecule has 0 radical (unpaired) electrons. The van der Waals surface area contributed by atoms with Crippen LogP contribution in [-0.4, -0.2) is 48.4 Å². The summed E-state index contributed by atoms with van der Waals surface area (Å²) in [7, 11) is 0. The van der Waals surface area contributed by atoms with E-state index < -0.39 is 41.3 Å². The van der Waals surface area contributed by atoms with Crippen molar-refractivity contribution in [2.24, 2.45) is 0 Å². The third-order valence-corrected chi connectivity index (χ3v) is 4.35. The Morgan fingerprint density at radius 2 is 2.38 bits per heavy atom. The lowest BCUT2D eigenvalue weighted by Gasteiger charge is -2.25. The molecule has 1 aliphatic rings. The molecule has 1 aliphatic heterocycles. The minimum absolute atomic E-state index is 0.104. The Labute approximate surface area is 140 Å². The average Bonchev–Trinajstić information content (AvgIpc) is 2.96. The van der Waals surface area contributed by atoms with Gasteiger partial charge in [-0.05, 0) is 6.92 Å². The van der Waals surface area contributed by atoms with Crippen LogP contribution < -0.4 is 11.3 Å². The highest BCUT2D eigenvalue weighted by atomic mass is 35.5. The van der Waals surface area contributed by atoms with Gasteiger partial charge < -0.3 is 20.7 Å². The third kappa shape index (κ3) is 2.27. The van der Waals surface area contributed by atoms with Gasteiger partial charge in [0.15, 0.2) is 22.6 Å². The number of nitrogens with two attached hydrogens (primary N) is 1. The number of nitrogens with one attached hydrogen (secondary N) is 1. The molecule has 0 amide bonds. The third-order valence-electron chi connectivity index (χ3n) is 3.85. The van der Waals surface area contributed by atoms with Crippen molar-refractivity contribution in [1.29, 1.82) is 0 Å². The summed E-state index contributed by atoms with van der Waals surface area (Å²) < 4.78 is 20.9. The van der Waals surface area contributed by atoms with E-state index in [1.54, 1.807) is 0 Å². The molecule has 4 atom stereocenters. The Bertz CT molecular complexity index is 917. The predicted molar refractivity (Wildman–Crippen MR) is 83.8 cm³/mol. The highest BCUT2D eigenvalue weighted by molar-refractivity contribution is 6.27. The maximum Gasteiger partial charge on any atom is 0.264 e. The number of hydrogen-bond donors (Lipinski definition) is 4. The fraction of sp³-hybridized carbons (Fsp3) is 0.429. The molecule has 5 N–H and O–H groups in total. The summed E-state index contributed by atoms with van der Waals surface area (Å²) in [6, 6.07) is 0. The number of nitrogen functional groups attached to an aromatic ring is 1. The molecule has 128 valence electrons. The van der Waals surface area contributed by atoms with Crippen molar-refractivity contribution in [3.63, 3.8) is 0 Å². The van der Waals surface area contributed by atoms with Crippen LogP contribution in [0, 0.1) is 17.7 Å². The van der Waals surface area contributed by atoms with Gasteiger partial charge in [0.25, 0.3) is 5.56 Å². The molecule has 0 bridgehead atoms. The van der Waals surface area contributed by atoms with Crippen molar-refractivity contribution in [2.75, 3.05) is 12.3 Å². The van der Waals surface area contributed by atoms with Crippen molar-refractivity contribution in [1.82, 2.24) is 14.5 Å². The molecule has 1 saturated heterocycles. The first kappa shape index (κ1) is 16.7. The Morgan fingerprint density at radius 1 is 1.67 bits per heavy atom. The maximum absolute atomic E-state index is 14.2. The minimum Gasteiger partial charge on any atom is -0.394 e. The zero-order chi connectivity index (χ0) is 17.6. The van der Waals surface area contributed by atoms with E-state index >= 15 is 0 Å². The number of halogens is 2.